The first kappa shape index (κ1) is 14.9. The molecule has 0 aliphatic rings. The summed E-state index contributed by atoms with van der Waals surface area (Å²) in [4.78, 5) is 0. The highest BCUT2D eigenvalue weighted by Gasteiger charge is 2.23. The van der Waals surface area contributed by atoms with Gasteiger partial charge < -0.3 is 0 Å². The van der Waals surface area contributed by atoms with Crippen LogP contribution in [-0.2, 0) is 9.84 Å². The van der Waals surface area contributed by atoms with Gasteiger partial charge in [-0.25, -0.2) is 8.42 Å². The van der Waals surface area contributed by atoms with Crippen molar-refractivity contribution in [1.29, 1.82) is 0 Å². The highest BCUT2D eigenvalue weighted by Crippen LogP contribution is 2.37. The van der Waals surface area contributed by atoms with Crippen molar-refractivity contribution < 1.29 is 8.42 Å². The molecule has 0 atom stereocenters. The third-order valence-corrected chi connectivity index (χ3v) is 8.76. The third kappa shape index (κ3) is 2.49. The average molecular weight is 359 g/mol. The number of hydrogen-bond donors (Lipinski definition) is 0. The maximum Gasteiger partial charge on any atom is 0.225 e. The summed E-state index contributed by atoms with van der Waals surface area (Å²) in [7, 11) is -3.45. The van der Waals surface area contributed by atoms with Crippen molar-refractivity contribution in [3.05, 3.63) is 59.7 Å². The first-order valence-corrected chi connectivity index (χ1v) is 10.3. The lowest BCUT2D eigenvalue weighted by Gasteiger charge is -1.95. The Kier molecular flexibility index (Phi) is 3.34. The molecule has 2 nitrogen and oxygen atoms in total. The summed E-state index contributed by atoms with van der Waals surface area (Å²) in [6.45, 7) is 4.03. The van der Waals surface area contributed by atoms with E-state index in [-0.39, 0.29) is 0 Å². The van der Waals surface area contributed by atoms with Crippen LogP contribution in [0.15, 0.2) is 56.9 Å². The fourth-order valence-electron chi connectivity index (χ4n) is 2.64. The van der Waals surface area contributed by atoms with Gasteiger partial charge in [-0.15, -0.1) is 22.7 Å². The molecular formula is C18H14O2S3. The minimum atomic E-state index is -3.45. The van der Waals surface area contributed by atoms with Crippen molar-refractivity contribution in [3.8, 4) is 0 Å². The van der Waals surface area contributed by atoms with Crippen LogP contribution in [0.3, 0.4) is 0 Å². The molecule has 4 aromatic rings. The lowest BCUT2D eigenvalue weighted by atomic mass is 10.2. The van der Waals surface area contributed by atoms with E-state index < -0.39 is 9.84 Å². The van der Waals surface area contributed by atoms with Crippen LogP contribution in [0.2, 0.25) is 0 Å². The van der Waals surface area contributed by atoms with Crippen LogP contribution in [0.25, 0.3) is 20.2 Å². The number of fused-ring (bicyclic) bond motifs is 2. The second kappa shape index (κ2) is 5.16. The van der Waals surface area contributed by atoms with E-state index >= 15 is 0 Å². The van der Waals surface area contributed by atoms with E-state index in [0.717, 1.165) is 31.3 Å². The molecule has 2 aromatic carbocycles. The predicted molar refractivity (Wildman–Crippen MR) is 98.6 cm³/mol. The molecule has 116 valence electrons. The summed E-state index contributed by atoms with van der Waals surface area (Å²) >= 11 is 2.68. The number of benzene rings is 2. The maximum atomic E-state index is 13.0. The first-order valence-electron chi connectivity index (χ1n) is 7.19. The number of rotatable bonds is 2. The van der Waals surface area contributed by atoms with Gasteiger partial charge in [-0.05, 0) is 48.9 Å². The highest BCUT2D eigenvalue weighted by atomic mass is 32.3. The molecule has 4 rings (SSSR count). The van der Waals surface area contributed by atoms with Crippen LogP contribution in [0.4, 0.5) is 0 Å². The molecule has 23 heavy (non-hydrogen) atoms. The Hall–Kier alpha value is -1.69. The minimum absolute atomic E-state index is 0.418. The molecule has 0 unspecified atom stereocenters. The van der Waals surface area contributed by atoms with Gasteiger partial charge in [-0.3, -0.25) is 0 Å². The molecule has 0 aliphatic heterocycles. The van der Waals surface area contributed by atoms with Gasteiger partial charge in [-0.2, -0.15) is 0 Å². The summed E-state index contributed by atoms with van der Waals surface area (Å²) < 4.78 is 28.8. The van der Waals surface area contributed by atoms with E-state index in [1.54, 1.807) is 12.1 Å². The van der Waals surface area contributed by atoms with Crippen molar-refractivity contribution in [1.82, 2.24) is 0 Å². The Morgan fingerprint density at radius 1 is 0.696 bits per heavy atom. The van der Waals surface area contributed by atoms with E-state index in [1.807, 2.05) is 50.2 Å². The predicted octanol–water partition coefficient (Wildman–Crippen LogP) is 5.57. The molecule has 0 saturated heterocycles. The van der Waals surface area contributed by atoms with Crippen molar-refractivity contribution in [2.45, 2.75) is 22.3 Å². The van der Waals surface area contributed by atoms with Crippen molar-refractivity contribution in [3.63, 3.8) is 0 Å². The van der Waals surface area contributed by atoms with Crippen molar-refractivity contribution in [2.24, 2.45) is 0 Å². The standard InChI is InChI=1S/C18H14O2S3/c1-11-3-5-15-13(7-11)9-17(21-15)23(19,20)18-10-14-8-12(2)4-6-16(14)22-18/h3-10H,1-2H3. The summed E-state index contributed by atoms with van der Waals surface area (Å²) in [5.74, 6) is 0. The zero-order chi connectivity index (χ0) is 16.2. The number of sulfone groups is 1. The summed E-state index contributed by atoms with van der Waals surface area (Å²) in [6, 6.07) is 15.6. The van der Waals surface area contributed by atoms with Crippen LogP contribution >= 0.6 is 22.7 Å². The first-order chi connectivity index (χ1) is 10.9. The van der Waals surface area contributed by atoms with E-state index in [9.17, 15) is 8.42 Å². The Morgan fingerprint density at radius 3 is 1.57 bits per heavy atom. The van der Waals surface area contributed by atoms with Crippen LogP contribution < -0.4 is 0 Å². The zero-order valence-electron chi connectivity index (χ0n) is 12.7. The second-order valence-electron chi connectivity index (χ2n) is 5.72. The summed E-state index contributed by atoms with van der Waals surface area (Å²) in [5.41, 5.74) is 2.27. The van der Waals surface area contributed by atoms with Gasteiger partial charge in [0.25, 0.3) is 0 Å². The molecule has 0 aliphatic carbocycles. The lowest BCUT2D eigenvalue weighted by Crippen LogP contribution is -1.95. The van der Waals surface area contributed by atoms with Gasteiger partial charge in [-0.1, -0.05) is 35.4 Å². The van der Waals surface area contributed by atoms with Gasteiger partial charge in [0.1, 0.15) is 8.42 Å². The molecule has 2 aromatic heterocycles. The van der Waals surface area contributed by atoms with Gasteiger partial charge in [0.2, 0.25) is 9.84 Å². The van der Waals surface area contributed by atoms with E-state index in [1.165, 1.54) is 22.7 Å². The normalized spacial score (nSPS) is 12.3. The van der Waals surface area contributed by atoms with Gasteiger partial charge in [0, 0.05) is 9.40 Å². The minimum Gasteiger partial charge on any atom is -0.217 e. The van der Waals surface area contributed by atoms with Crippen molar-refractivity contribution in [2.75, 3.05) is 0 Å². The molecule has 0 radical (unpaired) electrons. The average Bonchev–Trinajstić information content (AvgIpc) is 3.10. The van der Waals surface area contributed by atoms with Gasteiger partial charge >= 0.3 is 0 Å². The Balaban J connectivity index is 1.89. The Bertz CT molecular complexity index is 1060. The summed E-state index contributed by atoms with van der Waals surface area (Å²) in [6.07, 6.45) is 0. The smallest absolute Gasteiger partial charge is 0.217 e. The quantitative estimate of drug-likeness (QED) is 0.470. The van der Waals surface area contributed by atoms with E-state index in [0.29, 0.717) is 8.42 Å². The topological polar surface area (TPSA) is 34.1 Å². The fraction of sp³-hybridized carbons (Fsp3) is 0.111. The van der Waals surface area contributed by atoms with Crippen LogP contribution in [0.1, 0.15) is 11.1 Å². The molecule has 5 heteroatoms. The molecule has 0 saturated carbocycles. The molecule has 0 amide bonds. The summed E-state index contributed by atoms with van der Waals surface area (Å²) in [5, 5.41) is 1.98. The van der Waals surface area contributed by atoms with Gasteiger partial charge in [0.05, 0.1) is 0 Å². The monoisotopic (exact) mass is 358 g/mol. The number of hydrogen-bond acceptors (Lipinski definition) is 4. The van der Waals surface area contributed by atoms with Crippen LogP contribution in [0, 0.1) is 13.8 Å². The zero-order valence-corrected chi connectivity index (χ0v) is 15.1. The third-order valence-electron chi connectivity index (χ3n) is 3.83. The maximum absolute atomic E-state index is 13.0. The molecule has 0 spiro atoms. The highest BCUT2D eigenvalue weighted by molar-refractivity contribution is 7.95. The fourth-order valence-corrected chi connectivity index (χ4v) is 7.07. The number of aryl methyl sites for hydroxylation is 2. The Labute approximate surface area is 142 Å². The largest absolute Gasteiger partial charge is 0.225 e. The SMILES string of the molecule is Cc1ccc2sc(S(=O)(=O)c3cc4cc(C)ccc4s3)cc2c1. The Morgan fingerprint density at radius 2 is 1.13 bits per heavy atom. The van der Waals surface area contributed by atoms with E-state index in [2.05, 4.69) is 0 Å². The van der Waals surface area contributed by atoms with Gasteiger partial charge in [0.15, 0.2) is 0 Å². The molecule has 0 N–H and O–H groups in total. The lowest BCUT2D eigenvalue weighted by molar-refractivity contribution is 0.600. The molecular weight excluding hydrogens is 344 g/mol. The second-order valence-corrected chi connectivity index (χ2v) is 10.3. The molecule has 2 heterocycles. The van der Waals surface area contributed by atoms with Crippen LogP contribution in [0.5, 0.6) is 0 Å². The molecule has 0 fully saturated rings. The number of thiophene rings is 2. The van der Waals surface area contributed by atoms with Crippen LogP contribution in [-0.4, -0.2) is 8.42 Å². The molecule has 0 bridgehead atoms. The van der Waals surface area contributed by atoms with Crippen molar-refractivity contribution >= 4 is 52.7 Å². The van der Waals surface area contributed by atoms with E-state index in [4.69, 9.17) is 0 Å².